The van der Waals surface area contributed by atoms with Gasteiger partial charge in [0.2, 0.25) is 0 Å². The first kappa shape index (κ1) is 8.22. The van der Waals surface area contributed by atoms with Crippen LogP contribution >= 0.6 is 0 Å². The maximum Gasteiger partial charge on any atom is 0.0931 e. The Hall–Kier alpha value is -1.39. The van der Waals surface area contributed by atoms with Gasteiger partial charge in [0.25, 0.3) is 0 Å². The number of imidazole rings is 1. The number of nitrogens with zero attached hydrogens (tertiary/aromatic N) is 1. The Morgan fingerprint density at radius 1 is 1.46 bits per heavy atom. The molecule has 0 aliphatic heterocycles. The Morgan fingerprint density at radius 3 is 3.23 bits per heavy atom. The summed E-state index contributed by atoms with van der Waals surface area (Å²) in [7, 11) is 0. The summed E-state index contributed by atoms with van der Waals surface area (Å²) in [5.74, 6) is 4.95. The molecule has 1 aromatic heterocycles. The van der Waals surface area contributed by atoms with E-state index in [9.17, 15) is 0 Å². The lowest BCUT2D eigenvalue weighted by molar-refractivity contribution is 0.141. The van der Waals surface area contributed by atoms with Gasteiger partial charge in [0.05, 0.1) is 24.0 Å². The molecule has 0 atom stereocenters. The first-order chi connectivity index (χ1) is 6.40. The summed E-state index contributed by atoms with van der Waals surface area (Å²) < 4.78 is 0. The van der Waals surface area contributed by atoms with Gasteiger partial charge in [-0.05, 0) is 24.1 Å². The molecule has 1 heterocycles. The number of fused-ring (bicyclic) bond motifs is 1. The van der Waals surface area contributed by atoms with Crippen molar-refractivity contribution in [2.75, 3.05) is 6.61 Å². The van der Waals surface area contributed by atoms with Crippen LogP contribution in [0, 0.1) is 0 Å². The fraction of sp³-hybridized carbons (Fsp3) is 0.222. The highest BCUT2D eigenvalue weighted by atomic mass is 16.6. The molecule has 0 saturated heterocycles. The molecule has 0 aliphatic carbocycles. The standard InChI is InChI=1S/C9H11N3O/c10-13-4-3-7-1-2-8-9(5-7)12-6-11-8/h1-2,5-6H,3-4,10H2,(H,11,12). The normalized spacial score (nSPS) is 10.8. The van der Waals surface area contributed by atoms with Crippen molar-refractivity contribution in [2.45, 2.75) is 6.42 Å². The summed E-state index contributed by atoms with van der Waals surface area (Å²) >= 11 is 0. The van der Waals surface area contributed by atoms with Crippen LogP contribution in [0.3, 0.4) is 0 Å². The number of H-pyrrole nitrogens is 1. The van der Waals surface area contributed by atoms with Crippen LogP contribution in [0.1, 0.15) is 5.56 Å². The Labute approximate surface area is 75.7 Å². The third-order valence-electron chi connectivity index (χ3n) is 1.99. The minimum absolute atomic E-state index is 0.541. The van der Waals surface area contributed by atoms with Gasteiger partial charge in [0.1, 0.15) is 0 Å². The summed E-state index contributed by atoms with van der Waals surface area (Å²) in [6, 6.07) is 6.07. The second-order valence-corrected chi connectivity index (χ2v) is 2.87. The van der Waals surface area contributed by atoms with Crippen LogP contribution < -0.4 is 5.90 Å². The van der Waals surface area contributed by atoms with Crippen molar-refractivity contribution >= 4 is 11.0 Å². The van der Waals surface area contributed by atoms with Gasteiger partial charge in [-0.25, -0.2) is 10.9 Å². The fourth-order valence-corrected chi connectivity index (χ4v) is 1.32. The van der Waals surface area contributed by atoms with Gasteiger partial charge in [-0.2, -0.15) is 0 Å². The maximum absolute atomic E-state index is 4.95. The van der Waals surface area contributed by atoms with Crippen LogP contribution in [0.25, 0.3) is 11.0 Å². The van der Waals surface area contributed by atoms with Crippen molar-refractivity contribution in [3.8, 4) is 0 Å². The Bertz CT molecular complexity index is 396. The molecule has 0 radical (unpaired) electrons. The summed E-state index contributed by atoms with van der Waals surface area (Å²) in [5.41, 5.74) is 3.23. The molecule has 2 rings (SSSR count). The lowest BCUT2D eigenvalue weighted by atomic mass is 10.1. The Balaban J connectivity index is 2.26. The molecule has 0 spiro atoms. The van der Waals surface area contributed by atoms with E-state index in [-0.39, 0.29) is 0 Å². The zero-order valence-corrected chi connectivity index (χ0v) is 7.16. The number of hydrogen-bond donors (Lipinski definition) is 2. The molecule has 68 valence electrons. The summed E-state index contributed by atoms with van der Waals surface area (Å²) in [6.07, 6.45) is 2.51. The predicted molar refractivity (Wildman–Crippen MR) is 49.9 cm³/mol. The van der Waals surface area contributed by atoms with Crippen LogP contribution in [0.4, 0.5) is 0 Å². The topological polar surface area (TPSA) is 63.9 Å². The van der Waals surface area contributed by atoms with Crippen LogP contribution in [0.5, 0.6) is 0 Å². The van der Waals surface area contributed by atoms with Crippen molar-refractivity contribution in [1.29, 1.82) is 0 Å². The molecule has 4 heteroatoms. The van der Waals surface area contributed by atoms with E-state index in [0.29, 0.717) is 6.61 Å². The molecule has 0 amide bonds. The minimum atomic E-state index is 0.541. The van der Waals surface area contributed by atoms with Gasteiger partial charge in [-0.15, -0.1) is 0 Å². The second kappa shape index (κ2) is 3.55. The van der Waals surface area contributed by atoms with Gasteiger partial charge in [-0.3, -0.25) is 0 Å². The number of rotatable bonds is 3. The highest BCUT2D eigenvalue weighted by molar-refractivity contribution is 5.74. The number of aromatic amines is 1. The van der Waals surface area contributed by atoms with Gasteiger partial charge >= 0.3 is 0 Å². The molecule has 0 aliphatic rings. The number of benzene rings is 1. The van der Waals surface area contributed by atoms with E-state index >= 15 is 0 Å². The average molecular weight is 177 g/mol. The smallest absolute Gasteiger partial charge is 0.0931 e. The Kier molecular flexibility index (Phi) is 2.25. The fourth-order valence-electron chi connectivity index (χ4n) is 1.32. The Morgan fingerprint density at radius 2 is 2.38 bits per heavy atom. The number of aromatic nitrogens is 2. The largest absolute Gasteiger partial charge is 0.345 e. The molecule has 0 saturated carbocycles. The third kappa shape index (κ3) is 1.68. The molecule has 13 heavy (non-hydrogen) atoms. The first-order valence-corrected chi connectivity index (χ1v) is 4.14. The summed E-state index contributed by atoms with van der Waals surface area (Å²) in [6.45, 7) is 0.541. The molecule has 3 N–H and O–H groups in total. The van der Waals surface area contributed by atoms with E-state index in [1.807, 2.05) is 12.1 Å². The van der Waals surface area contributed by atoms with Crippen LogP contribution in [0.15, 0.2) is 24.5 Å². The third-order valence-corrected chi connectivity index (χ3v) is 1.99. The molecule has 4 nitrogen and oxygen atoms in total. The molecule has 1 aromatic carbocycles. The number of nitrogens with two attached hydrogens (primary N) is 1. The van der Waals surface area contributed by atoms with Gasteiger partial charge < -0.3 is 9.82 Å². The zero-order valence-electron chi connectivity index (χ0n) is 7.16. The number of hydrogen-bond acceptors (Lipinski definition) is 3. The summed E-state index contributed by atoms with van der Waals surface area (Å²) in [4.78, 5) is 11.7. The second-order valence-electron chi connectivity index (χ2n) is 2.87. The van der Waals surface area contributed by atoms with Gasteiger partial charge in [0, 0.05) is 0 Å². The van der Waals surface area contributed by atoms with Crippen molar-refractivity contribution in [3.63, 3.8) is 0 Å². The first-order valence-electron chi connectivity index (χ1n) is 4.14. The van der Waals surface area contributed by atoms with Crippen molar-refractivity contribution in [1.82, 2.24) is 9.97 Å². The maximum atomic E-state index is 4.95. The molecular formula is C9H11N3O. The average Bonchev–Trinajstić information content (AvgIpc) is 2.61. The molecule has 2 aromatic rings. The van der Waals surface area contributed by atoms with Crippen molar-refractivity contribution < 1.29 is 4.84 Å². The summed E-state index contributed by atoms with van der Waals surface area (Å²) in [5, 5.41) is 0. The zero-order chi connectivity index (χ0) is 9.10. The predicted octanol–water partition coefficient (Wildman–Crippen LogP) is 0.996. The van der Waals surface area contributed by atoms with Gasteiger partial charge in [-0.1, -0.05) is 6.07 Å². The van der Waals surface area contributed by atoms with Crippen molar-refractivity contribution in [2.24, 2.45) is 5.90 Å². The van der Waals surface area contributed by atoms with E-state index in [4.69, 9.17) is 5.90 Å². The van der Waals surface area contributed by atoms with Crippen molar-refractivity contribution in [3.05, 3.63) is 30.1 Å². The van der Waals surface area contributed by atoms with Crippen LogP contribution in [0.2, 0.25) is 0 Å². The van der Waals surface area contributed by atoms with E-state index < -0.39 is 0 Å². The van der Waals surface area contributed by atoms with E-state index in [1.165, 1.54) is 5.56 Å². The lowest BCUT2D eigenvalue weighted by Gasteiger charge is -1.98. The van der Waals surface area contributed by atoms with Crippen LogP contribution in [-0.4, -0.2) is 16.6 Å². The van der Waals surface area contributed by atoms with Gasteiger partial charge in [0.15, 0.2) is 0 Å². The molecule has 0 fully saturated rings. The number of nitrogens with one attached hydrogen (secondary N) is 1. The molecular weight excluding hydrogens is 166 g/mol. The lowest BCUT2D eigenvalue weighted by Crippen LogP contribution is -2.03. The molecule has 0 unspecified atom stereocenters. The van der Waals surface area contributed by atoms with E-state index in [1.54, 1.807) is 6.33 Å². The van der Waals surface area contributed by atoms with E-state index in [2.05, 4.69) is 20.9 Å². The monoisotopic (exact) mass is 177 g/mol. The molecule has 0 bridgehead atoms. The highest BCUT2D eigenvalue weighted by Gasteiger charge is 1.97. The van der Waals surface area contributed by atoms with E-state index in [0.717, 1.165) is 17.5 Å². The quantitative estimate of drug-likeness (QED) is 0.687. The van der Waals surface area contributed by atoms with Crippen LogP contribution in [-0.2, 0) is 11.3 Å². The highest BCUT2D eigenvalue weighted by Crippen LogP contribution is 2.11. The SMILES string of the molecule is NOCCc1ccc2nc[nH]c2c1. The minimum Gasteiger partial charge on any atom is -0.345 e.